The van der Waals surface area contributed by atoms with Gasteiger partial charge in [-0.1, -0.05) is 25.6 Å². The molecule has 1 aromatic rings. The summed E-state index contributed by atoms with van der Waals surface area (Å²) in [5, 5.41) is 4.93. The van der Waals surface area contributed by atoms with E-state index in [2.05, 4.69) is 24.2 Å². The molecule has 1 aliphatic heterocycles. The molecule has 1 aliphatic rings. The molecule has 1 unspecified atom stereocenters. The zero-order valence-corrected chi connectivity index (χ0v) is 14.0. The predicted molar refractivity (Wildman–Crippen MR) is 90.9 cm³/mol. The van der Waals surface area contributed by atoms with E-state index in [9.17, 15) is 0 Å². The van der Waals surface area contributed by atoms with Crippen LogP contribution < -0.4 is 14.8 Å². The number of nitrogens with zero attached hydrogens (tertiary/aromatic N) is 1. The Morgan fingerprint density at radius 2 is 1.95 bits per heavy atom. The highest BCUT2D eigenvalue weighted by atomic mass is 32.2. The van der Waals surface area contributed by atoms with Crippen LogP contribution >= 0.6 is 11.8 Å². The van der Waals surface area contributed by atoms with Crippen LogP contribution in [0.4, 0.5) is 5.69 Å². The predicted octanol–water partition coefficient (Wildman–Crippen LogP) is 4.02. The van der Waals surface area contributed by atoms with Crippen LogP contribution in [0.2, 0.25) is 0 Å². The normalized spacial score (nSPS) is 17.8. The average molecular weight is 308 g/mol. The van der Waals surface area contributed by atoms with Gasteiger partial charge in [-0.3, -0.25) is 4.99 Å². The molecule has 0 aromatic heterocycles. The van der Waals surface area contributed by atoms with E-state index in [0.717, 1.165) is 28.9 Å². The maximum absolute atomic E-state index is 5.64. The van der Waals surface area contributed by atoms with Crippen molar-refractivity contribution in [2.75, 3.05) is 25.1 Å². The molecule has 116 valence electrons. The Morgan fingerprint density at radius 1 is 1.24 bits per heavy atom. The van der Waals surface area contributed by atoms with Gasteiger partial charge in [-0.05, 0) is 31.9 Å². The number of hydrogen-bond acceptors (Lipinski definition) is 5. The fourth-order valence-electron chi connectivity index (χ4n) is 2.06. The fourth-order valence-corrected chi connectivity index (χ4v) is 3.09. The summed E-state index contributed by atoms with van der Waals surface area (Å²) in [7, 11) is 0. The number of ether oxygens (including phenoxy) is 2. The summed E-state index contributed by atoms with van der Waals surface area (Å²) in [5.74, 6) is 2.19. The van der Waals surface area contributed by atoms with Crippen LogP contribution in [0.15, 0.2) is 23.2 Å². The molecule has 1 heterocycles. The van der Waals surface area contributed by atoms with Gasteiger partial charge in [-0.25, -0.2) is 0 Å². The molecule has 2 rings (SSSR count). The number of nitrogens with one attached hydrogen (secondary N) is 1. The molecule has 21 heavy (non-hydrogen) atoms. The molecule has 0 saturated carbocycles. The SMILES string of the molecule is CCOc1ccc(NC2=NCC(C(C)C)S2)cc1OCC. The minimum absolute atomic E-state index is 0.571. The van der Waals surface area contributed by atoms with Gasteiger partial charge in [0.05, 0.1) is 19.8 Å². The lowest BCUT2D eigenvalue weighted by Crippen LogP contribution is -2.13. The summed E-state index contributed by atoms with van der Waals surface area (Å²) in [6, 6.07) is 5.91. The monoisotopic (exact) mass is 308 g/mol. The van der Waals surface area contributed by atoms with Gasteiger partial charge < -0.3 is 14.8 Å². The first-order valence-electron chi connectivity index (χ1n) is 7.51. The van der Waals surface area contributed by atoms with E-state index < -0.39 is 0 Å². The highest BCUT2D eigenvalue weighted by Gasteiger charge is 2.22. The van der Waals surface area contributed by atoms with Gasteiger partial charge in [-0.2, -0.15) is 0 Å². The van der Waals surface area contributed by atoms with Crippen LogP contribution in [0, 0.1) is 5.92 Å². The standard InChI is InChI=1S/C16H24N2O2S/c1-5-19-13-8-7-12(9-14(13)20-6-2)18-16-17-10-15(21-16)11(3)4/h7-9,11,15H,5-6,10H2,1-4H3,(H,17,18). The lowest BCUT2D eigenvalue weighted by atomic mass is 10.1. The van der Waals surface area contributed by atoms with Gasteiger partial charge in [0, 0.05) is 17.0 Å². The zero-order valence-electron chi connectivity index (χ0n) is 13.2. The average Bonchev–Trinajstić information content (AvgIpc) is 2.91. The van der Waals surface area contributed by atoms with Crippen molar-refractivity contribution in [3.05, 3.63) is 18.2 Å². The van der Waals surface area contributed by atoms with Crippen molar-refractivity contribution >= 4 is 22.6 Å². The minimum atomic E-state index is 0.571. The summed E-state index contributed by atoms with van der Waals surface area (Å²) >= 11 is 1.81. The van der Waals surface area contributed by atoms with Crippen molar-refractivity contribution in [1.29, 1.82) is 0 Å². The van der Waals surface area contributed by atoms with Crippen LogP contribution in [0.3, 0.4) is 0 Å². The van der Waals surface area contributed by atoms with E-state index in [-0.39, 0.29) is 0 Å². The number of hydrogen-bond donors (Lipinski definition) is 1. The first-order chi connectivity index (χ1) is 10.1. The smallest absolute Gasteiger partial charge is 0.163 e. The molecule has 4 nitrogen and oxygen atoms in total. The van der Waals surface area contributed by atoms with Crippen molar-refractivity contribution in [3.63, 3.8) is 0 Å². The van der Waals surface area contributed by atoms with Gasteiger partial charge in [0.1, 0.15) is 0 Å². The second-order valence-electron chi connectivity index (χ2n) is 5.20. The van der Waals surface area contributed by atoms with E-state index in [0.29, 0.717) is 24.4 Å². The van der Waals surface area contributed by atoms with Crippen LogP contribution in [-0.4, -0.2) is 30.2 Å². The maximum atomic E-state index is 5.64. The molecule has 0 radical (unpaired) electrons. The third-order valence-electron chi connectivity index (χ3n) is 3.22. The van der Waals surface area contributed by atoms with Crippen LogP contribution in [0.1, 0.15) is 27.7 Å². The lowest BCUT2D eigenvalue weighted by Gasteiger charge is -2.14. The van der Waals surface area contributed by atoms with E-state index in [1.165, 1.54) is 0 Å². The van der Waals surface area contributed by atoms with Crippen molar-refractivity contribution in [2.24, 2.45) is 10.9 Å². The van der Waals surface area contributed by atoms with E-state index >= 15 is 0 Å². The fraction of sp³-hybridized carbons (Fsp3) is 0.562. The van der Waals surface area contributed by atoms with E-state index in [4.69, 9.17) is 9.47 Å². The molecule has 1 atom stereocenters. The van der Waals surface area contributed by atoms with Crippen molar-refractivity contribution in [1.82, 2.24) is 0 Å². The molecule has 5 heteroatoms. The van der Waals surface area contributed by atoms with Gasteiger partial charge >= 0.3 is 0 Å². The number of aliphatic imine (C=N–C) groups is 1. The molecule has 0 aliphatic carbocycles. The summed E-state index contributed by atoms with van der Waals surface area (Å²) < 4.78 is 11.2. The van der Waals surface area contributed by atoms with Gasteiger partial charge in [0.15, 0.2) is 16.7 Å². The Kier molecular flexibility index (Phi) is 5.79. The summed E-state index contributed by atoms with van der Waals surface area (Å²) in [6.45, 7) is 10.6. The van der Waals surface area contributed by atoms with Crippen LogP contribution in [0.25, 0.3) is 0 Å². The van der Waals surface area contributed by atoms with E-state index in [1.54, 1.807) is 0 Å². The maximum Gasteiger partial charge on any atom is 0.163 e. The topological polar surface area (TPSA) is 42.8 Å². The minimum Gasteiger partial charge on any atom is -0.490 e. The Labute approximate surface area is 131 Å². The van der Waals surface area contributed by atoms with Gasteiger partial charge in [0.25, 0.3) is 0 Å². The molecule has 0 spiro atoms. The second kappa shape index (κ2) is 7.59. The Morgan fingerprint density at radius 3 is 2.57 bits per heavy atom. The molecule has 1 aromatic carbocycles. The molecular formula is C16H24N2O2S. The van der Waals surface area contributed by atoms with Gasteiger partial charge in [0.2, 0.25) is 0 Å². The van der Waals surface area contributed by atoms with Crippen LogP contribution in [-0.2, 0) is 0 Å². The highest BCUT2D eigenvalue weighted by Crippen LogP contribution is 2.32. The molecule has 0 fully saturated rings. The second-order valence-corrected chi connectivity index (χ2v) is 6.43. The first kappa shape index (κ1) is 16.0. The summed E-state index contributed by atoms with van der Waals surface area (Å²) in [4.78, 5) is 4.56. The molecular weight excluding hydrogens is 284 g/mol. The number of thioether (sulfide) groups is 1. The summed E-state index contributed by atoms with van der Waals surface area (Å²) in [6.07, 6.45) is 0. The molecule has 0 bridgehead atoms. The third kappa shape index (κ3) is 4.30. The summed E-state index contributed by atoms with van der Waals surface area (Å²) in [5.41, 5.74) is 0.984. The Bertz CT molecular complexity index is 503. The van der Waals surface area contributed by atoms with Crippen molar-refractivity contribution in [3.8, 4) is 11.5 Å². The number of anilines is 1. The lowest BCUT2D eigenvalue weighted by molar-refractivity contribution is 0.288. The van der Waals surface area contributed by atoms with E-state index in [1.807, 2.05) is 43.8 Å². The quantitative estimate of drug-likeness (QED) is 0.862. The first-order valence-corrected chi connectivity index (χ1v) is 8.39. The van der Waals surface area contributed by atoms with Crippen molar-refractivity contribution < 1.29 is 9.47 Å². The Balaban J connectivity index is 2.05. The van der Waals surface area contributed by atoms with Crippen LogP contribution in [0.5, 0.6) is 11.5 Å². The number of amidine groups is 1. The largest absolute Gasteiger partial charge is 0.490 e. The number of rotatable bonds is 6. The highest BCUT2D eigenvalue weighted by molar-refractivity contribution is 8.15. The van der Waals surface area contributed by atoms with Crippen molar-refractivity contribution in [2.45, 2.75) is 32.9 Å². The third-order valence-corrected chi connectivity index (χ3v) is 4.67. The molecule has 0 amide bonds. The number of benzene rings is 1. The molecule has 1 N–H and O–H groups in total. The molecule has 0 saturated heterocycles. The Hall–Kier alpha value is -1.36. The van der Waals surface area contributed by atoms with Gasteiger partial charge in [-0.15, -0.1) is 0 Å². The zero-order chi connectivity index (χ0) is 15.2.